The summed E-state index contributed by atoms with van der Waals surface area (Å²) in [7, 11) is 4.19. The molecule has 0 unspecified atom stereocenters. The van der Waals surface area contributed by atoms with Crippen molar-refractivity contribution in [3.63, 3.8) is 0 Å². The molecule has 1 heterocycles. The van der Waals surface area contributed by atoms with E-state index in [2.05, 4.69) is 34.6 Å². The fraction of sp³-hybridized carbons (Fsp3) is 0.684. The molecule has 0 aromatic carbocycles. The van der Waals surface area contributed by atoms with Gasteiger partial charge in [-0.1, -0.05) is 25.7 Å². The van der Waals surface area contributed by atoms with Crippen molar-refractivity contribution >= 4 is 6.03 Å². The predicted molar refractivity (Wildman–Crippen MR) is 101 cm³/mol. The Hall–Kier alpha value is -1.82. The summed E-state index contributed by atoms with van der Waals surface area (Å²) in [6, 6.07) is 1.70. The summed E-state index contributed by atoms with van der Waals surface area (Å²) in [6.07, 6.45) is 7.18. The standard InChI is InChI=1S/C19H32N4O2/c1-14-11-15(2)22-17(24)16(14)12-20-18(25)21-13-19(23(3)4)9-7-5-6-8-10-19/h11H,5-10,12-13H2,1-4H3,(H,22,24)(H2,20,21,25). The Bertz CT molecular complexity index is 643. The number of hydrogen-bond donors (Lipinski definition) is 3. The highest BCUT2D eigenvalue weighted by Gasteiger charge is 2.33. The van der Waals surface area contributed by atoms with Crippen molar-refractivity contribution in [1.82, 2.24) is 20.5 Å². The summed E-state index contributed by atoms with van der Waals surface area (Å²) in [4.78, 5) is 29.3. The van der Waals surface area contributed by atoms with Gasteiger partial charge in [0.2, 0.25) is 0 Å². The van der Waals surface area contributed by atoms with Gasteiger partial charge >= 0.3 is 6.03 Å². The van der Waals surface area contributed by atoms with Crippen molar-refractivity contribution < 1.29 is 4.79 Å². The molecule has 1 aliphatic rings. The molecule has 0 bridgehead atoms. The molecule has 1 aliphatic carbocycles. The van der Waals surface area contributed by atoms with Crippen LogP contribution in [0.1, 0.15) is 55.3 Å². The number of urea groups is 1. The molecule has 25 heavy (non-hydrogen) atoms. The molecule has 6 heteroatoms. The van der Waals surface area contributed by atoms with Crippen LogP contribution in [-0.4, -0.2) is 42.1 Å². The van der Waals surface area contributed by atoms with Crippen LogP contribution in [0, 0.1) is 13.8 Å². The van der Waals surface area contributed by atoms with E-state index in [0.29, 0.717) is 12.1 Å². The number of hydrogen-bond acceptors (Lipinski definition) is 3. The van der Waals surface area contributed by atoms with E-state index in [1.54, 1.807) is 0 Å². The number of nitrogens with one attached hydrogen (secondary N) is 3. The second-order valence-electron chi connectivity index (χ2n) is 7.51. The number of pyridine rings is 1. The van der Waals surface area contributed by atoms with Gasteiger partial charge in [-0.3, -0.25) is 4.79 Å². The average molecular weight is 348 g/mol. The Morgan fingerprint density at radius 1 is 1.16 bits per heavy atom. The van der Waals surface area contributed by atoms with E-state index in [4.69, 9.17) is 0 Å². The average Bonchev–Trinajstić information content (AvgIpc) is 2.78. The molecule has 0 aliphatic heterocycles. The van der Waals surface area contributed by atoms with Crippen molar-refractivity contribution in [2.75, 3.05) is 20.6 Å². The lowest BCUT2D eigenvalue weighted by Crippen LogP contribution is -2.54. The third-order valence-electron chi connectivity index (χ3n) is 5.48. The zero-order valence-electron chi connectivity index (χ0n) is 16.0. The van der Waals surface area contributed by atoms with Gasteiger partial charge < -0.3 is 20.5 Å². The van der Waals surface area contributed by atoms with E-state index in [9.17, 15) is 9.59 Å². The Morgan fingerprint density at radius 3 is 2.36 bits per heavy atom. The minimum Gasteiger partial charge on any atom is -0.336 e. The summed E-state index contributed by atoms with van der Waals surface area (Å²) in [6.45, 7) is 4.62. The summed E-state index contributed by atoms with van der Waals surface area (Å²) >= 11 is 0. The number of aryl methyl sites for hydroxylation is 2. The lowest BCUT2D eigenvalue weighted by Gasteiger charge is -2.39. The number of nitrogens with zero attached hydrogens (tertiary/aromatic N) is 1. The van der Waals surface area contributed by atoms with E-state index in [1.807, 2.05) is 19.9 Å². The fourth-order valence-electron chi connectivity index (χ4n) is 3.75. The summed E-state index contributed by atoms with van der Waals surface area (Å²) in [5.41, 5.74) is 2.24. The van der Waals surface area contributed by atoms with E-state index in [0.717, 1.165) is 24.1 Å². The number of aromatic amines is 1. The van der Waals surface area contributed by atoms with Crippen LogP contribution >= 0.6 is 0 Å². The number of rotatable bonds is 5. The first-order chi connectivity index (χ1) is 11.8. The Morgan fingerprint density at radius 2 is 1.80 bits per heavy atom. The van der Waals surface area contributed by atoms with Gasteiger partial charge in [-0.05, 0) is 52.4 Å². The van der Waals surface area contributed by atoms with E-state index < -0.39 is 0 Å². The molecular weight excluding hydrogens is 316 g/mol. The molecule has 140 valence electrons. The second-order valence-corrected chi connectivity index (χ2v) is 7.51. The smallest absolute Gasteiger partial charge is 0.315 e. The number of carbonyl (C=O) groups excluding carboxylic acids is 1. The highest BCUT2D eigenvalue weighted by molar-refractivity contribution is 5.74. The van der Waals surface area contributed by atoms with Crippen LogP contribution in [0.2, 0.25) is 0 Å². The highest BCUT2D eigenvalue weighted by atomic mass is 16.2. The zero-order chi connectivity index (χ0) is 18.4. The molecule has 6 nitrogen and oxygen atoms in total. The zero-order valence-corrected chi connectivity index (χ0v) is 16.0. The van der Waals surface area contributed by atoms with Gasteiger partial charge in [-0.2, -0.15) is 0 Å². The van der Waals surface area contributed by atoms with Crippen LogP contribution in [0.4, 0.5) is 4.79 Å². The summed E-state index contributed by atoms with van der Waals surface area (Å²) in [5, 5.41) is 5.84. The molecule has 1 aromatic rings. The molecule has 1 saturated carbocycles. The quantitative estimate of drug-likeness (QED) is 0.715. The lowest BCUT2D eigenvalue weighted by atomic mass is 9.89. The third-order valence-corrected chi connectivity index (χ3v) is 5.48. The maximum absolute atomic E-state index is 12.2. The number of amides is 2. The number of aromatic nitrogens is 1. The van der Waals surface area contributed by atoms with Gasteiger partial charge in [0, 0.05) is 23.3 Å². The fourth-order valence-corrected chi connectivity index (χ4v) is 3.75. The minimum atomic E-state index is -0.218. The first-order valence-corrected chi connectivity index (χ1v) is 9.22. The van der Waals surface area contributed by atoms with E-state index in [1.165, 1.54) is 25.7 Å². The molecule has 1 fully saturated rings. The van der Waals surface area contributed by atoms with Crippen molar-refractivity contribution in [3.8, 4) is 0 Å². The van der Waals surface area contributed by atoms with Crippen LogP contribution in [-0.2, 0) is 6.54 Å². The maximum Gasteiger partial charge on any atom is 0.315 e. The van der Waals surface area contributed by atoms with Crippen LogP contribution in [0.3, 0.4) is 0 Å². The molecular formula is C19H32N4O2. The maximum atomic E-state index is 12.2. The van der Waals surface area contributed by atoms with Gasteiger partial charge in [-0.15, -0.1) is 0 Å². The number of H-pyrrole nitrogens is 1. The van der Waals surface area contributed by atoms with Crippen molar-refractivity contribution in [1.29, 1.82) is 0 Å². The van der Waals surface area contributed by atoms with Crippen LogP contribution in [0.25, 0.3) is 0 Å². The Kier molecular flexibility index (Phi) is 6.64. The Labute approximate surface area is 150 Å². The molecule has 0 saturated heterocycles. The summed E-state index contributed by atoms with van der Waals surface area (Å²) < 4.78 is 0. The van der Waals surface area contributed by atoms with Crippen LogP contribution in [0.5, 0.6) is 0 Å². The Balaban J connectivity index is 1.92. The highest BCUT2D eigenvalue weighted by Crippen LogP contribution is 2.30. The van der Waals surface area contributed by atoms with Gasteiger partial charge in [0.25, 0.3) is 5.56 Å². The normalized spacial score (nSPS) is 17.2. The van der Waals surface area contributed by atoms with Crippen LogP contribution < -0.4 is 16.2 Å². The third kappa shape index (κ3) is 5.08. The van der Waals surface area contributed by atoms with Crippen LogP contribution in [0.15, 0.2) is 10.9 Å². The SMILES string of the molecule is Cc1cc(C)c(CNC(=O)NCC2(N(C)C)CCCCCC2)c(=O)[nH]1. The van der Waals surface area contributed by atoms with E-state index in [-0.39, 0.29) is 23.7 Å². The monoisotopic (exact) mass is 348 g/mol. The molecule has 3 N–H and O–H groups in total. The molecule has 0 radical (unpaired) electrons. The first kappa shape index (κ1) is 19.5. The van der Waals surface area contributed by atoms with Crippen molar-refractivity contribution in [3.05, 3.63) is 33.2 Å². The van der Waals surface area contributed by atoms with Gasteiger partial charge in [-0.25, -0.2) is 4.79 Å². The molecule has 0 spiro atoms. The molecule has 2 rings (SSSR count). The molecule has 2 amide bonds. The van der Waals surface area contributed by atoms with Gasteiger partial charge in [0.05, 0.1) is 6.54 Å². The van der Waals surface area contributed by atoms with Crippen molar-refractivity contribution in [2.45, 2.75) is 64.5 Å². The van der Waals surface area contributed by atoms with Crippen molar-refractivity contribution in [2.24, 2.45) is 0 Å². The minimum absolute atomic E-state index is 0.0328. The molecule has 1 aromatic heterocycles. The first-order valence-electron chi connectivity index (χ1n) is 9.22. The van der Waals surface area contributed by atoms with E-state index >= 15 is 0 Å². The largest absolute Gasteiger partial charge is 0.336 e. The topological polar surface area (TPSA) is 77.2 Å². The second kappa shape index (κ2) is 8.52. The van der Waals surface area contributed by atoms with Gasteiger partial charge in [0.1, 0.15) is 0 Å². The summed E-state index contributed by atoms with van der Waals surface area (Å²) in [5.74, 6) is 0. The van der Waals surface area contributed by atoms with Gasteiger partial charge in [0.15, 0.2) is 0 Å². The number of likely N-dealkylation sites (N-methyl/N-ethyl adjacent to an activating group) is 1. The lowest BCUT2D eigenvalue weighted by molar-refractivity contribution is 0.128. The predicted octanol–water partition coefficient (Wildman–Crippen LogP) is 2.45. The molecule has 0 atom stereocenters. The number of carbonyl (C=O) groups is 1.